The number of benzene rings is 1. The molecule has 3 rings (SSSR count). The van der Waals surface area contributed by atoms with Gasteiger partial charge in [0.15, 0.2) is 17.3 Å². The van der Waals surface area contributed by atoms with Crippen molar-refractivity contribution in [3.8, 4) is 11.5 Å². The number of phenolic OH excluding ortho intramolecular Hbond substituents is 2. The van der Waals surface area contributed by atoms with Crippen molar-refractivity contribution in [2.24, 2.45) is 5.41 Å². The summed E-state index contributed by atoms with van der Waals surface area (Å²) in [5.74, 6) is -2.24. The molecule has 0 saturated carbocycles. The van der Waals surface area contributed by atoms with E-state index in [0.717, 1.165) is 30.1 Å². The topological polar surface area (TPSA) is 104 Å². The highest BCUT2D eigenvalue weighted by Crippen LogP contribution is 2.50. The van der Waals surface area contributed by atoms with E-state index in [2.05, 4.69) is 19.9 Å². The molecule has 0 amide bonds. The quantitative estimate of drug-likeness (QED) is 0.105. The lowest BCUT2D eigenvalue weighted by Gasteiger charge is -2.43. The van der Waals surface area contributed by atoms with Crippen LogP contribution in [0, 0.1) is 5.41 Å². The number of carbonyl (C=O) groups excluding carboxylic acids is 2. The summed E-state index contributed by atoms with van der Waals surface area (Å²) in [6.07, 6.45) is 11.9. The normalized spacial score (nSPS) is 21.8. The molecule has 1 aliphatic carbocycles. The summed E-state index contributed by atoms with van der Waals surface area (Å²) in [5.41, 5.74) is 1.30. The molecule has 1 unspecified atom stereocenters. The first kappa shape index (κ1) is 29.8. The predicted octanol–water partition coefficient (Wildman–Crippen LogP) is 7.56. The van der Waals surface area contributed by atoms with Gasteiger partial charge in [0.2, 0.25) is 5.78 Å². The SMILES string of the molecule is CC(C)=CCC/C(C)=C/CC1(CC=C(C)C)C(=O)C(=C(O)c2ccc(O)c(O)c2)C(=O)C2=C1OC(C)(C)C=C2. The van der Waals surface area contributed by atoms with Gasteiger partial charge in [0.25, 0.3) is 0 Å². The molecule has 0 spiro atoms. The highest BCUT2D eigenvalue weighted by Gasteiger charge is 2.54. The maximum Gasteiger partial charge on any atom is 0.203 e. The highest BCUT2D eigenvalue weighted by atomic mass is 16.5. The number of Topliss-reactive ketones (excluding diaryl/α,β-unsaturated/α-hetero) is 2. The summed E-state index contributed by atoms with van der Waals surface area (Å²) in [4.78, 5) is 28.2. The van der Waals surface area contributed by atoms with Crippen LogP contribution in [-0.2, 0) is 14.3 Å². The third kappa shape index (κ3) is 6.44. The Labute approximate surface area is 231 Å². The Morgan fingerprint density at radius 2 is 1.56 bits per heavy atom. The van der Waals surface area contributed by atoms with Gasteiger partial charge in [0.1, 0.15) is 22.7 Å². The number of rotatable bonds is 8. The molecule has 1 aromatic rings. The fraction of sp³-hybridized carbons (Fsp3) is 0.394. The van der Waals surface area contributed by atoms with Crippen molar-refractivity contribution in [2.45, 2.75) is 79.8 Å². The average molecular weight is 533 g/mol. The Balaban J connectivity index is 2.26. The molecule has 0 fully saturated rings. The molecule has 0 saturated heterocycles. The van der Waals surface area contributed by atoms with Crippen LogP contribution in [0.2, 0.25) is 0 Å². The molecule has 0 bridgehead atoms. The number of allylic oxidation sites excluding steroid dienone is 10. The monoisotopic (exact) mass is 532 g/mol. The fourth-order valence-electron chi connectivity index (χ4n) is 4.73. The van der Waals surface area contributed by atoms with Crippen molar-refractivity contribution in [1.82, 2.24) is 0 Å². The van der Waals surface area contributed by atoms with Gasteiger partial charge in [-0.1, -0.05) is 34.9 Å². The molecule has 1 aliphatic heterocycles. The van der Waals surface area contributed by atoms with Crippen molar-refractivity contribution >= 4 is 17.3 Å². The van der Waals surface area contributed by atoms with Crippen LogP contribution in [0.5, 0.6) is 11.5 Å². The maximum absolute atomic E-state index is 14.5. The number of phenols is 2. The first-order chi connectivity index (χ1) is 18.2. The largest absolute Gasteiger partial charge is 0.506 e. The Hall–Kier alpha value is -3.80. The average Bonchev–Trinajstić information content (AvgIpc) is 2.84. The van der Waals surface area contributed by atoms with Crippen LogP contribution < -0.4 is 0 Å². The lowest BCUT2D eigenvalue weighted by molar-refractivity contribution is -0.130. The van der Waals surface area contributed by atoms with Gasteiger partial charge in [0, 0.05) is 5.56 Å². The van der Waals surface area contributed by atoms with Crippen molar-refractivity contribution in [3.63, 3.8) is 0 Å². The molecule has 1 heterocycles. The zero-order chi connectivity index (χ0) is 29.1. The van der Waals surface area contributed by atoms with Gasteiger partial charge in [-0.25, -0.2) is 0 Å². The second-order valence-corrected chi connectivity index (χ2v) is 11.5. The van der Waals surface area contributed by atoms with Gasteiger partial charge in [-0.05, 0) is 105 Å². The number of aromatic hydroxyl groups is 2. The van der Waals surface area contributed by atoms with E-state index in [1.54, 1.807) is 12.2 Å². The molecule has 6 heteroatoms. The van der Waals surface area contributed by atoms with Gasteiger partial charge in [-0.3, -0.25) is 9.59 Å². The molecule has 0 radical (unpaired) electrons. The van der Waals surface area contributed by atoms with Gasteiger partial charge in [-0.2, -0.15) is 0 Å². The van der Waals surface area contributed by atoms with Crippen LogP contribution in [-0.4, -0.2) is 32.5 Å². The Morgan fingerprint density at radius 3 is 2.18 bits per heavy atom. The molecule has 3 N–H and O–H groups in total. The van der Waals surface area contributed by atoms with Crippen molar-refractivity contribution < 1.29 is 29.6 Å². The lowest BCUT2D eigenvalue weighted by atomic mass is 9.65. The first-order valence-electron chi connectivity index (χ1n) is 13.3. The number of aliphatic hydroxyl groups is 1. The number of ether oxygens (including phenoxy) is 1. The van der Waals surface area contributed by atoms with E-state index in [1.165, 1.54) is 17.7 Å². The molecular formula is C33H40O6. The minimum Gasteiger partial charge on any atom is -0.506 e. The first-order valence-corrected chi connectivity index (χ1v) is 13.3. The second kappa shape index (κ2) is 11.5. The van der Waals surface area contributed by atoms with Crippen LogP contribution in [0.4, 0.5) is 0 Å². The zero-order valence-electron chi connectivity index (χ0n) is 24.0. The number of aliphatic hydroxyl groups excluding tert-OH is 1. The smallest absolute Gasteiger partial charge is 0.203 e. The number of ketones is 2. The number of hydrogen-bond donors (Lipinski definition) is 3. The number of carbonyl (C=O) groups is 2. The third-order valence-electron chi connectivity index (χ3n) is 7.06. The van der Waals surface area contributed by atoms with E-state index in [4.69, 9.17) is 4.74 Å². The van der Waals surface area contributed by atoms with Gasteiger partial charge >= 0.3 is 0 Å². The molecule has 2 aliphatic rings. The van der Waals surface area contributed by atoms with Gasteiger partial charge < -0.3 is 20.1 Å². The van der Waals surface area contributed by atoms with Crippen LogP contribution >= 0.6 is 0 Å². The number of hydrogen-bond acceptors (Lipinski definition) is 6. The predicted molar refractivity (Wildman–Crippen MR) is 154 cm³/mol. The molecule has 1 aromatic carbocycles. The van der Waals surface area contributed by atoms with Crippen LogP contribution in [0.3, 0.4) is 0 Å². The van der Waals surface area contributed by atoms with Crippen LogP contribution in [0.25, 0.3) is 5.76 Å². The standard InChI is InChI=1S/C33H40O6/c1-20(2)9-8-10-22(5)14-18-33(17-13-21(3)4)30(38)27(28(36)23-11-12-25(34)26(35)19-23)29(37)24-15-16-32(6,7)39-31(24)33/h9,11-16,19,34-36H,8,10,17-18H2,1-7H3/b22-14+,28-27?. The summed E-state index contributed by atoms with van der Waals surface area (Å²) >= 11 is 0. The highest BCUT2D eigenvalue weighted by molar-refractivity contribution is 6.34. The molecule has 39 heavy (non-hydrogen) atoms. The Bertz CT molecular complexity index is 1350. The maximum atomic E-state index is 14.5. The van der Waals surface area contributed by atoms with Crippen molar-refractivity contribution in [2.75, 3.05) is 0 Å². The Morgan fingerprint density at radius 1 is 0.923 bits per heavy atom. The summed E-state index contributed by atoms with van der Waals surface area (Å²) in [7, 11) is 0. The molecular weight excluding hydrogens is 492 g/mol. The summed E-state index contributed by atoms with van der Waals surface area (Å²) < 4.78 is 6.39. The van der Waals surface area contributed by atoms with Crippen molar-refractivity contribution in [1.29, 1.82) is 0 Å². The van der Waals surface area contributed by atoms with E-state index in [9.17, 15) is 24.9 Å². The molecule has 1 atom stereocenters. The fourth-order valence-corrected chi connectivity index (χ4v) is 4.73. The zero-order valence-corrected chi connectivity index (χ0v) is 24.0. The molecule has 208 valence electrons. The van der Waals surface area contributed by atoms with E-state index >= 15 is 0 Å². The minimum atomic E-state index is -1.26. The second-order valence-electron chi connectivity index (χ2n) is 11.5. The third-order valence-corrected chi connectivity index (χ3v) is 7.06. The Kier molecular flexibility index (Phi) is 8.79. The minimum absolute atomic E-state index is 0.0525. The van der Waals surface area contributed by atoms with Gasteiger partial charge in [-0.15, -0.1) is 0 Å². The van der Waals surface area contributed by atoms with Crippen LogP contribution in [0.1, 0.15) is 79.7 Å². The summed E-state index contributed by atoms with van der Waals surface area (Å²) in [5, 5.41) is 31.0. The lowest BCUT2D eigenvalue weighted by Crippen LogP contribution is -2.46. The van der Waals surface area contributed by atoms with Crippen molar-refractivity contribution in [3.05, 3.63) is 87.8 Å². The van der Waals surface area contributed by atoms with E-state index in [0.29, 0.717) is 5.76 Å². The van der Waals surface area contributed by atoms with E-state index in [-0.39, 0.29) is 35.3 Å². The van der Waals surface area contributed by atoms with E-state index in [1.807, 2.05) is 46.8 Å². The van der Waals surface area contributed by atoms with E-state index < -0.39 is 34.1 Å². The molecule has 0 aromatic heterocycles. The molecule has 6 nitrogen and oxygen atoms in total. The summed E-state index contributed by atoms with van der Waals surface area (Å²) in [6.45, 7) is 13.8. The van der Waals surface area contributed by atoms with Crippen LogP contribution in [0.15, 0.2) is 82.2 Å². The summed E-state index contributed by atoms with van der Waals surface area (Å²) in [6, 6.07) is 3.68. The van der Waals surface area contributed by atoms with Gasteiger partial charge in [0.05, 0.1) is 11.0 Å².